The van der Waals surface area contributed by atoms with Crippen LogP contribution in [0.15, 0.2) is 23.1 Å². The number of esters is 1. The summed E-state index contributed by atoms with van der Waals surface area (Å²) in [6.07, 6.45) is 0. The number of rotatable bonds is 4. The number of carbonyl (C=O) groups is 1. The van der Waals surface area contributed by atoms with Crippen molar-refractivity contribution < 1.29 is 9.53 Å². The standard InChI is InChI=1S/C12H17NO2S/c1-8(2)7-16-11-5-4-9(13)6-10(11)12(14)15-3/h4-6,8H,7,13H2,1-3H3. The van der Waals surface area contributed by atoms with E-state index in [-0.39, 0.29) is 5.97 Å². The Morgan fingerprint density at radius 1 is 1.50 bits per heavy atom. The fraction of sp³-hybridized carbons (Fsp3) is 0.417. The van der Waals surface area contributed by atoms with E-state index in [1.807, 2.05) is 6.07 Å². The molecule has 0 bridgehead atoms. The van der Waals surface area contributed by atoms with Crippen molar-refractivity contribution in [1.82, 2.24) is 0 Å². The number of carbonyl (C=O) groups excluding carboxylic acids is 1. The zero-order valence-corrected chi connectivity index (χ0v) is 10.6. The number of hydrogen-bond donors (Lipinski definition) is 1. The van der Waals surface area contributed by atoms with Crippen molar-refractivity contribution >= 4 is 23.4 Å². The lowest BCUT2D eigenvalue weighted by Crippen LogP contribution is -2.05. The molecule has 0 saturated heterocycles. The van der Waals surface area contributed by atoms with E-state index in [0.29, 0.717) is 17.2 Å². The molecule has 1 aromatic carbocycles. The zero-order chi connectivity index (χ0) is 12.1. The van der Waals surface area contributed by atoms with Crippen LogP contribution in [-0.2, 0) is 4.74 Å². The number of thioether (sulfide) groups is 1. The predicted octanol–water partition coefficient (Wildman–Crippen LogP) is 2.80. The number of nitrogens with two attached hydrogens (primary N) is 1. The minimum atomic E-state index is -0.335. The molecule has 0 aliphatic rings. The van der Waals surface area contributed by atoms with Crippen molar-refractivity contribution in [3.63, 3.8) is 0 Å². The van der Waals surface area contributed by atoms with Crippen LogP contribution in [-0.4, -0.2) is 18.8 Å². The third-order valence-corrected chi connectivity index (χ3v) is 3.48. The minimum absolute atomic E-state index is 0.335. The second kappa shape index (κ2) is 5.80. The summed E-state index contributed by atoms with van der Waals surface area (Å²) in [6.45, 7) is 4.28. The van der Waals surface area contributed by atoms with Gasteiger partial charge in [-0.05, 0) is 24.1 Å². The van der Waals surface area contributed by atoms with Crippen molar-refractivity contribution in [2.75, 3.05) is 18.6 Å². The Labute approximate surface area is 100 Å². The number of hydrogen-bond acceptors (Lipinski definition) is 4. The van der Waals surface area contributed by atoms with Crippen LogP contribution in [0, 0.1) is 5.92 Å². The highest BCUT2D eigenvalue weighted by Crippen LogP contribution is 2.27. The third kappa shape index (κ3) is 3.45. The van der Waals surface area contributed by atoms with Crippen molar-refractivity contribution in [3.05, 3.63) is 23.8 Å². The summed E-state index contributed by atoms with van der Waals surface area (Å²) in [5.74, 6) is 1.21. The third-order valence-electron chi connectivity index (χ3n) is 1.98. The molecular formula is C12H17NO2S. The maximum absolute atomic E-state index is 11.5. The molecule has 1 aromatic rings. The molecule has 0 radical (unpaired) electrons. The van der Waals surface area contributed by atoms with Crippen LogP contribution in [0.4, 0.5) is 5.69 Å². The second-order valence-electron chi connectivity index (χ2n) is 3.95. The Morgan fingerprint density at radius 3 is 2.75 bits per heavy atom. The largest absolute Gasteiger partial charge is 0.465 e. The highest BCUT2D eigenvalue weighted by Gasteiger charge is 2.12. The number of methoxy groups -OCH3 is 1. The fourth-order valence-corrected chi connectivity index (χ4v) is 2.17. The molecule has 0 aliphatic heterocycles. The predicted molar refractivity (Wildman–Crippen MR) is 67.8 cm³/mol. The van der Waals surface area contributed by atoms with Crippen molar-refractivity contribution in [3.8, 4) is 0 Å². The van der Waals surface area contributed by atoms with E-state index in [9.17, 15) is 4.79 Å². The molecule has 0 aromatic heterocycles. The molecule has 0 saturated carbocycles. The maximum Gasteiger partial charge on any atom is 0.339 e. The summed E-state index contributed by atoms with van der Waals surface area (Å²) in [5.41, 5.74) is 6.79. The van der Waals surface area contributed by atoms with Gasteiger partial charge in [0.2, 0.25) is 0 Å². The van der Waals surface area contributed by atoms with Gasteiger partial charge in [0, 0.05) is 16.3 Å². The summed E-state index contributed by atoms with van der Waals surface area (Å²) < 4.78 is 4.73. The van der Waals surface area contributed by atoms with Gasteiger partial charge in [0.1, 0.15) is 0 Å². The molecule has 88 valence electrons. The quantitative estimate of drug-likeness (QED) is 0.498. The van der Waals surface area contributed by atoms with Gasteiger partial charge in [-0.1, -0.05) is 13.8 Å². The van der Waals surface area contributed by atoms with Gasteiger partial charge in [-0.15, -0.1) is 11.8 Å². The molecule has 3 nitrogen and oxygen atoms in total. The van der Waals surface area contributed by atoms with E-state index in [1.54, 1.807) is 23.9 Å². The molecule has 0 spiro atoms. The molecule has 0 heterocycles. The van der Waals surface area contributed by atoms with E-state index in [1.165, 1.54) is 7.11 Å². The van der Waals surface area contributed by atoms with E-state index in [2.05, 4.69) is 13.8 Å². The number of ether oxygens (including phenoxy) is 1. The zero-order valence-electron chi connectivity index (χ0n) is 9.82. The lowest BCUT2D eigenvalue weighted by molar-refractivity contribution is 0.0597. The molecule has 0 amide bonds. The summed E-state index contributed by atoms with van der Waals surface area (Å²) >= 11 is 1.65. The summed E-state index contributed by atoms with van der Waals surface area (Å²) in [6, 6.07) is 5.33. The Balaban J connectivity index is 2.93. The van der Waals surface area contributed by atoms with Gasteiger partial charge >= 0.3 is 5.97 Å². The minimum Gasteiger partial charge on any atom is -0.465 e. The number of benzene rings is 1. The molecule has 0 aliphatic carbocycles. The van der Waals surface area contributed by atoms with Gasteiger partial charge in [-0.2, -0.15) is 0 Å². The van der Waals surface area contributed by atoms with Gasteiger partial charge in [-0.3, -0.25) is 0 Å². The van der Waals surface area contributed by atoms with E-state index in [0.717, 1.165) is 10.6 Å². The van der Waals surface area contributed by atoms with Crippen LogP contribution in [0.1, 0.15) is 24.2 Å². The first-order chi connectivity index (χ1) is 7.54. The first kappa shape index (κ1) is 12.9. The fourth-order valence-electron chi connectivity index (χ4n) is 1.20. The van der Waals surface area contributed by atoms with Crippen molar-refractivity contribution in [2.45, 2.75) is 18.7 Å². The molecule has 2 N–H and O–H groups in total. The van der Waals surface area contributed by atoms with Gasteiger partial charge < -0.3 is 10.5 Å². The molecule has 0 unspecified atom stereocenters. The maximum atomic E-state index is 11.5. The first-order valence-corrected chi connectivity index (χ1v) is 6.13. The van der Waals surface area contributed by atoms with E-state index in [4.69, 9.17) is 10.5 Å². The average molecular weight is 239 g/mol. The Morgan fingerprint density at radius 2 is 2.19 bits per heavy atom. The molecule has 0 atom stereocenters. The van der Waals surface area contributed by atoms with E-state index < -0.39 is 0 Å². The molecule has 1 rings (SSSR count). The molecule has 16 heavy (non-hydrogen) atoms. The van der Waals surface area contributed by atoms with Crippen molar-refractivity contribution in [2.24, 2.45) is 5.92 Å². The summed E-state index contributed by atoms with van der Waals surface area (Å²) in [7, 11) is 1.38. The smallest absolute Gasteiger partial charge is 0.339 e. The van der Waals surface area contributed by atoms with E-state index >= 15 is 0 Å². The normalized spacial score (nSPS) is 10.5. The number of anilines is 1. The highest BCUT2D eigenvalue weighted by molar-refractivity contribution is 7.99. The van der Waals surface area contributed by atoms with Crippen LogP contribution in [0.2, 0.25) is 0 Å². The lowest BCUT2D eigenvalue weighted by Gasteiger charge is -2.09. The second-order valence-corrected chi connectivity index (χ2v) is 5.01. The molecule has 4 heteroatoms. The van der Waals surface area contributed by atoms with Crippen LogP contribution in [0.25, 0.3) is 0 Å². The Hall–Kier alpha value is -1.16. The Kier molecular flexibility index (Phi) is 4.68. The average Bonchev–Trinajstić information content (AvgIpc) is 2.26. The monoisotopic (exact) mass is 239 g/mol. The molecular weight excluding hydrogens is 222 g/mol. The van der Waals surface area contributed by atoms with Gasteiger partial charge in [0.15, 0.2) is 0 Å². The first-order valence-electron chi connectivity index (χ1n) is 5.15. The van der Waals surface area contributed by atoms with Gasteiger partial charge in [0.25, 0.3) is 0 Å². The topological polar surface area (TPSA) is 52.3 Å². The van der Waals surface area contributed by atoms with Crippen LogP contribution < -0.4 is 5.73 Å². The number of nitrogen functional groups attached to an aromatic ring is 1. The summed E-state index contributed by atoms with van der Waals surface area (Å²) in [5, 5.41) is 0. The van der Waals surface area contributed by atoms with Crippen LogP contribution >= 0.6 is 11.8 Å². The van der Waals surface area contributed by atoms with Crippen LogP contribution in [0.3, 0.4) is 0 Å². The molecule has 0 fully saturated rings. The summed E-state index contributed by atoms with van der Waals surface area (Å²) in [4.78, 5) is 12.5. The van der Waals surface area contributed by atoms with Crippen molar-refractivity contribution in [1.29, 1.82) is 0 Å². The van der Waals surface area contributed by atoms with Gasteiger partial charge in [-0.25, -0.2) is 4.79 Å². The Bertz CT molecular complexity index is 377. The van der Waals surface area contributed by atoms with Gasteiger partial charge in [0.05, 0.1) is 12.7 Å². The SMILES string of the molecule is COC(=O)c1cc(N)ccc1SCC(C)C. The highest BCUT2D eigenvalue weighted by atomic mass is 32.2. The lowest BCUT2D eigenvalue weighted by atomic mass is 10.2. The van der Waals surface area contributed by atoms with Crippen LogP contribution in [0.5, 0.6) is 0 Å².